The third kappa shape index (κ3) is 1.79. The number of aliphatic hydroxyl groups excluding tert-OH is 1. The largest absolute Gasteiger partial charge is 0.396 e. The summed E-state index contributed by atoms with van der Waals surface area (Å²) in [6, 6.07) is 0. The van der Waals surface area contributed by atoms with Crippen molar-refractivity contribution >= 4 is 5.84 Å². The monoisotopic (exact) mass is 157 g/mol. The lowest BCUT2D eigenvalue weighted by molar-refractivity contribution is -0.814. The van der Waals surface area contributed by atoms with E-state index in [0.717, 1.165) is 30.5 Å². The van der Waals surface area contributed by atoms with Crippen LogP contribution in [0.5, 0.6) is 0 Å². The normalized spacial score (nSPS) is 30.6. The Balaban J connectivity index is 2.46. The first-order valence-electron chi connectivity index (χ1n) is 4.16. The summed E-state index contributed by atoms with van der Waals surface area (Å²) in [4.78, 5) is 4.35. The van der Waals surface area contributed by atoms with E-state index in [0.29, 0.717) is 6.61 Å². The van der Waals surface area contributed by atoms with Crippen molar-refractivity contribution in [2.75, 3.05) is 33.3 Å². The van der Waals surface area contributed by atoms with Gasteiger partial charge >= 0.3 is 0 Å². The van der Waals surface area contributed by atoms with Crippen LogP contribution < -0.4 is 0 Å². The van der Waals surface area contributed by atoms with Crippen LogP contribution in [0.3, 0.4) is 0 Å². The summed E-state index contributed by atoms with van der Waals surface area (Å²) >= 11 is 0. The van der Waals surface area contributed by atoms with Crippen molar-refractivity contribution in [3.63, 3.8) is 0 Å². The Labute approximate surface area is 67.9 Å². The molecule has 0 aromatic carbocycles. The van der Waals surface area contributed by atoms with E-state index >= 15 is 0 Å². The van der Waals surface area contributed by atoms with Crippen molar-refractivity contribution in [3.05, 3.63) is 0 Å². The van der Waals surface area contributed by atoms with Crippen LogP contribution in [0.4, 0.5) is 0 Å². The van der Waals surface area contributed by atoms with Crippen LogP contribution in [0, 0.1) is 0 Å². The van der Waals surface area contributed by atoms with E-state index < -0.39 is 0 Å². The van der Waals surface area contributed by atoms with Crippen LogP contribution in [-0.4, -0.2) is 48.7 Å². The van der Waals surface area contributed by atoms with Crippen LogP contribution in [-0.2, 0) is 0 Å². The summed E-state index contributed by atoms with van der Waals surface area (Å²) in [5, 5.41) is 8.68. The Kier molecular flexibility index (Phi) is 2.62. The lowest BCUT2D eigenvalue weighted by Crippen LogP contribution is -2.46. The number of hydrogen-bond donors (Lipinski definition) is 1. The average Bonchev–Trinajstić information content (AvgIpc) is 2.30. The quantitative estimate of drug-likeness (QED) is 0.585. The van der Waals surface area contributed by atoms with Gasteiger partial charge in [-0.25, -0.2) is 4.99 Å². The van der Waals surface area contributed by atoms with Gasteiger partial charge in [-0.05, 0) is 0 Å². The molecule has 1 atom stereocenters. The Morgan fingerprint density at radius 1 is 1.64 bits per heavy atom. The Morgan fingerprint density at radius 3 is 2.82 bits per heavy atom. The van der Waals surface area contributed by atoms with E-state index in [-0.39, 0.29) is 0 Å². The molecule has 0 bridgehead atoms. The molecule has 0 saturated carbocycles. The highest BCUT2D eigenvalue weighted by atomic mass is 16.3. The third-order valence-corrected chi connectivity index (χ3v) is 2.53. The number of aliphatic imine (C=N–C) groups is 1. The van der Waals surface area contributed by atoms with Crippen LogP contribution in [0.25, 0.3) is 0 Å². The number of hydrogen-bond acceptors (Lipinski definition) is 2. The minimum absolute atomic E-state index is 0.293. The van der Waals surface area contributed by atoms with Gasteiger partial charge in [-0.2, -0.15) is 0 Å². The topological polar surface area (TPSA) is 32.6 Å². The number of rotatable bonds is 3. The lowest BCUT2D eigenvalue weighted by Gasteiger charge is -2.28. The summed E-state index contributed by atoms with van der Waals surface area (Å²) in [6.07, 6.45) is 0.878. The molecular formula is C8H17N2O+. The molecule has 1 rings (SSSR count). The molecule has 1 N–H and O–H groups in total. The van der Waals surface area contributed by atoms with Crippen molar-refractivity contribution in [3.8, 4) is 0 Å². The molecule has 0 aliphatic carbocycles. The second-order valence-electron chi connectivity index (χ2n) is 3.35. The average molecular weight is 157 g/mol. The molecule has 1 unspecified atom stereocenters. The highest BCUT2D eigenvalue weighted by Gasteiger charge is 2.29. The maximum absolute atomic E-state index is 8.68. The van der Waals surface area contributed by atoms with Crippen molar-refractivity contribution in [2.45, 2.75) is 13.3 Å². The van der Waals surface area contributed by atoms with Crippen molar-refractivity contribution in [2.24, 2.45) is 4.99 Å². The van der Waals surface area contributed by atoms with E-state index in [1.807, 2.05) is 0 Å². The van der Waals surface area contributed by atoms with Gasteiger partial charge in [0.15, 0.2) is 5.84 Å². The minimum atomic E-state index is 0.293. The summed E-state index contributed by atoms with van der Waals surface area (Å²) < 4.78 is 0.931. The third-order valence-electron chi connectivity index (χ3n) is 2.53. The summed E-state index contributed by atoms with van der Waals surface area (Å²) in [7, 11) is 2.18. The minimum Gasteiger partial charge on any atom is -0.396 e. The summed E-state index contributed by atoms with van der Waals surface area (Å²) in [5.41, 5.74) is 0. The molecule has 1 aliphatic heterocycles. The molecule has 11 heavy (non-hydrogen) atoms. The van der Waals surface area contributed by atoms with Crippen LogP contribution in [0.2, 0.25) is 0 Å². The second-order valence-corrected chi connectivity index (χ2v) is 3.35. The van der Waals surface area contributed by atoms with Gasteiger partial charge in [-0.15, -0.1) is 0 Å². The second kappa shape index (κ2) is 3.32. The molecule has 0 amide bonds. The van der Waals surface area contributed by atoms with E-state index in [9.17, 15) is 0 Å². The Bertz CT molecular complexity index is 167. The fourth-order valence-corrected chi connectivity index (χ4v) is 1.46. The molecule has 1 aliphatic rings. The molecule has 3 nitrogen and oxygen atoms in total. The van der Waals surface area contributed by atoms with Crippen molar-refractivity contribution in [1.29, 1.82) is 0 Å². The van der Waals surface area contributed by atoms with Gasteiger partial charge in [0.1, 0.15) is 6.54 Å². The molecular weight excluding hydrogens is 140 g/mol. The first kappa shape index (κ1) is 8.68. The Hall–Kier alpha value is -0.410. The first-order chi connectivity index (χ1) is 5.19. The van der Waals surface area contributed by atoms with Crippen LogP contribution >= 0.6 is 0 Å². The van der Waals surface area contributed by atoms with E-state index in [2.05, 4.69) is 19.0 Å². The first-order valence-corrected chi connectivity index (χ1v) is 4.16. The highest BCUT2D eigenvalue weighted by molar-refractivity contribution is 5.73. The van der Waals surface area contributed by atoms with Crippen LogP contribution in [0.1, 0.15) is 13.3 Å². The van der Waals surface area contributed by atoms with Crippen molar-refractivity contribution in [1.82, 2.24) is 0 Å². The van der Waals surface area contributed by atoms with Gasteiger partial charge in [-0.3, -0.25) is 4.48 Å². The predicted octanol–water partition coefficient (Wildman–Crippen LogP) is 0.247. The van der Waals surface area contributed by atoms with Crippen molar-refractivity contribution < 1.29 is 9.59 Å². The van der Waals surface area contributed by atoms with Gasteiger partial charge in [0, 0.05) is 20.0 Å². The SMILES string of the molecule is CC1=NCC[N+]1(C)CCCO. The molecule has 0 saturated heterocycles. The zero-order valence-corrected chi connectivity index (χ0v) is 7.38. The maximum Gasteiger partial charge on any atom is 0.195 e. The van der Waals surface area contributed by atoms with E-state index in [1.54, 1.807) is 0 Å². The van der Waals surface area contributed by atoms with Gasteiger partial charge < -0.3 is 5.11 Å². The van der Waals surface area contributed by atoms with Crippen LogP contribution in [0.15, 0.2) is 4.99 Å². The number of aliphatic hydroxyl groups is 1. The van der Waals surface area contributed by atoms with Gasteiger partial charge in [0.05, 0.1) is 20.1 Å². The molecule has 1 heterocycles. The van der Waals surface area contributed by atoms with E-state index in [1.165, 1.54) is 5.84 Å². The molecule has 0 fully saturated rings. The molecule has 0 aromatic heterocycles. The maximum atomic E-state index is 8.68. The predicted molar refractivity (Wildman–Crippen MR) is 45.6 cm³/mol. The fourth-order valence-electron chi connectivity index (χ4n) is 1.46. The number of nitrogens with zero attached hydrogens (tertiary/aromatic N) is 2. The molecule has 0 aromatic rings. The van der Waals surface area contributed by atoms with Gasteiger partial charge in [0.25, 0.3) is 0 Å². The number of likely N-dealkylation sites (N-methyl/N-ethyl adjacent to an activating group) is 1. The van der Waals surface area contributed by atoms with Gasteiger partial charge in [-0.1, -0.05) is 0 Å². The summed E-state index contributed by atoms with van der Waals surface area (Å²) in [5.74, 6) is 1.21. The fraction of sp³-hybridized carbons (Fsp3) is 0.875. The zero-order chi connectivity index (χ0) is 8.32. The Morgan fingerprint density at radius 2 is 2.36 bits per heavy atom. The summed E-state index contributed by atoms with van der Waals surface area (Å²) in [6.45, 7) is 5.44. The molecule has 3 heteroatoms. The lowest BCUT2D eigenvalue weighted by atomic mass is 10.3. The molecule has 0 radical (unpaired) electrons. The van der Waals surface area contributed by atoms with E-state index in [4.69, 9.17) is 5.11 Å². The molecule has 64 valence electrons. The molecule has 0 spiro atoms. The standard InChI is InChI=1S/C8H17N2O/c1-8-9-4-6-10(8,2)5-3-7-11/h11H,3-7H2,1-2H3/q+1. The van der Waals surface area contributed by atoms with Gasteiger partial charge in [0.2, 0.25) is 0 Å². The number of quaternary nitrogens is 1. The number of amidine groups is 1. The zero-order valence-electron chi connectivity index (χ0n) is 7.38. The highest BCUT2D eigenvalue weighted by Crippen LogP contribution is 2.11. The smallest absolute Gasteiger partial charge is 0.195 e.